The molecule has 3 N–H and O–H groups in total. The maximum atomic E-state index is 14.9. The number of hydrogen-bond acceptors (Lipinski definition) is 5. The molecule has 1 aliphatic rings. The molecule has 1 saturated heterocycles. The second-order valence-corrected chi connectivity index (χ2v) is 11.4. The van der Waals surface area contributed by atoms with Crippen LogP contribution in [0.25, 0.3) is 0 Å². The molecule has 3 amide bonds. The third-order valence-corrected chi connectivity index (χ3v) is 7.75. The molecule has 0 radical (unpaired) electrons. The van der Waals surface area contributed by atoms with Gasteiger partial charge >= 0.3 is 6.03 Å². The molecule has 0 aromatic heterocycles. The molecule has 4 rings (SSSR count). The van der Waals surface area contributed by atoms with Crippen LogP contribution in [0.2, 0.25) is 5.02 Å². The zero-order chi connectivity index (χ0) is 31.3. The van der Waals surface area contributed by atoms with Gasteiger partial charge in [-0.2, -0.15) is 0 Å². The lowest BCUT2D eigenvalue weighted by Crippen LogP contribution is -2.38. The average molecular weight is 625 g/mol. The first kappa shape index (κ1) is 33.1. The molecule has 236 valence electrons. The number of nitrogens with one attached hydrogen (secondary N) is 3. The lowest BCUT2D eigenvalue weighted by atomic mass is 10.1. The van der Waals surface area contributed by atoms with Gasteiger partial charge in [0, 0.05) is 37.0 Å². The van der Waals surface area contributed by atoms with Gasteiger partial charge in [-0.1, -0.05) is 44.7 Å². The van der Waals surface area contributed by atoms with Gasteiger partial charge in [-0.25, -0.2) is 9.18 Å². The quantitative estimate of drug-likeness (QED) is 0.156. The van der Waals surface area contributed by atoms with Crippen LogP contribution < -0.4 is 25.4 Å². The average Bonchev–Trinajstić information content (AvgIpc) is 3.02. The second-order valence-electron chi connectivity index (χ2n) is 11.0. The van der Waals surface area contributed by atoms with E-state index in [1.54, 1.807) is 42.5 Å². The molecule has 0 atom stereocenters. The SMILES string of the molecule is CCCCCNC(=O)Nc1ccc(Oc2ccc(NC(=O)c3ccc(OC4CCN(CCCC)CC4)cc3)c(F)c2)c(Cl)c1. The summed E-state index contributed by atoms with van der Waals surface area (Å²) in [5.74, 6) is 0.120. The minimum Gasteiger partial charge on any atom is -0.490 e. The maximum absolute atomic E-state index is 14.9. The zero-order valence-electron chi connectivity index (χ0n) is 25.5. The maximum Gasteiger partial charge on any atom is 0.319 e. The number of piperidine rings is 1. The van der Waals surface area contributed by atoms with Crippen molar-refractivity contribution in [2.45, 2.75) is 64.9 Å². The molecule has 1 aliphatic heterocycles. The molecule has 10 heteroatoms. The highest BCUT2D eigenvalue weighted by Crippen LogP contribution is 2.33. The number of benzene rings is 3. The third kappa shape index (κ3) is 10.1. The zero-order valence-corrected chi connectivity index (χ0v) is 26.2. The van der Waals surface area contributed by atoms with Crippen LogP contribution in [-0.2, 0) is 0 Å². The van der Waals surface area contributed by atoms with E-state index in [2.05, 4.69) is 34.7 Å². The van der Waals surface area contributed by atoms with Gasteiger partial charge in [0.1, 0.15) is 29.2 Å². The molecular weight excluding hydrogens is 583 g/mol. The van der Waals surface area contributed by atoms with Crippen molar-refractivity contribution in [1.29, 1.82) is 0 Å². The molecule has 3 aromatic carbocycles. The molecule has 0 aliphatic carbocycles. The smallest absolute Gasteiger partial charge is 0.319 e. The fourth-order valence-electron chi connectivity index (χ4n) is 4.91. The number of rotatable bonds is 14. The van der Waals surface area contributed by atoms with Crippen LogP contribution in [0.15, 0.2) is 60.7 Å². The normalized spacial score (nSPS) is 13.7. The molecule has 0 bridgehead atoms. The minimum absolute atomic E-state index is 0.0214. The predicted molar refractivity (Wildman–Crippen MR) is 174 cm³/mol. The topological polar surface area (TPSA) is 91.9 Å². The number of urea groups is 1. The van der Waals surface area contributed by atoms with E-state index in [-0.39, 0.29) is 28.6 Å². The lowest BCUT2D eigenvalue weighted by Gasteiger charge is -2.32. The van der Waals surface area contributed by atoms with E-state index in [4.69, 9.17) is 21.1 Å². The minimum atomic E-state index is -0.657. The Kier molecular flexibility index (Phi) is 12.7. The molecule has 8 nitrogen and oxygen atoms in total. The highest BCUT2D eigenvalue weighted by atomic mass is 35.5. The molecule has 3 aromatic rings. The van der Waals surface area contributed by atoms with Crippen molar-refractivity contribution in [3.05, 3.63) is 77.1 Å². The highest BCUT2D eigenvalue weighted by Gasteiger charge is 2.20. The summed E-state index contributed by atoms with van der Waals surface area (Å²) in [5, 5.41) is 8.38. The van der Waals surface area contributed by atoms with Crippen LogP contribution in [0.1, 0.15) is 69.2 Å². The largest absolute Gasteiger partial charge is 0.490 e. The van der Waals surface area contributed by atoms with Gasteiger partial charge in [-0.15, -0.1) is 0 Å². The number of nitrogens with zero attached hydrogens (tertiary/aromatic N) is 1. The Morgan fingerprint density at radius 3 is 2.32 bits per heavy atom. The van der Waals surface area contributed by atoms with Gasteiger partial charge < -0.3 is 30.3 Å². The summed E-state index contributed by atoms with van der Waals surface area (Å²) >= 11 is 6.35. The van der Waals surface area contributed by atoms with Crippen LogP contribution in [0.4, 0.5) is 20.6 Å². The van der Waals surface area contributed by atoms with Crippen molar-refractivity contribution < 1.29 is 23.5 Å². The number of carbonyl (C=O) groups is 2. The van der Waals surface area contributed by atoms with Gasteiger partial charge in [0.25, 0.3) is 5.91 Å². The monoisotopic (exact) mass is 624 g/mol. The Morgan fingerprint density at radius 2 is 1.64 bits per heavy atom. The molecule has 1 heterocycles. The van der Waals surface area contributed by atoms with Gasteiger partial charge in [0.05, 0.1) is 10.7 Å². The van der Waals surface area contributed by atoms with E-state index < -0.39 is 11.7 Å². The third-order valence-electron chi connectivity index (χ3n) is 7.45. The van der Waals surface area contributed by atoms with E-state index >= 15 is 0 Å². The summed E-state index contributed by atoms with van der Waals surface area (Å²) in [6, 6.07) is 15.5. The van der Waals surface area contributed by atoms with Crippen LogP contribution >= 0.6 is 11.6 Å². The highest BCUT2D eigenvalue weighted by molar-refractivity contribution is 6.32. The first-order valence-corrected chi connectivity index (χ1v) is 15.8. The van der Waals surface area contributed by atoms with Crippen LogP contribution in [0.3, 0.4) is 0 Å². The standard InChI is InChI=1S/C34H42ClFN4O4/c1-3-5-7-18-37-34(42)38-25-10-15-32(29(35)22-25)44-28-13-14-31(30(36)23-28)39-33(41)24-8-11-26(12-9-24)43-27-16-20-40(21-17-27)19-6-4-2/h8-15,22-23,27H,3-7,16-21H2,1-2H3,(H,39,41)(H2,37,38,42). The van der Waals surface area contributed by atoms with Crippen molar-refractivity contribution in [2.24, 2.45) is 0 Å². The Labute approximate surface area is 264 Å². The molecule has 0 spiro atoms. The molecule has 1 fully saturated rings. The van der Waals surface area contributed by atoms with Crippen LogP contribution in [-0.4, -0.2) is 49.1 Å². The number of likely N-dealkylation sites (tertiary alicyclic amines) is 1. The van der Waals surface area contributed by atoms with E-state index in [0.717, 1.165) is 57.5 Å². The van der Waals surface area contributed by atoms with Gasteiger partial charge in [0.2, 0.25) is 0 Å². The van der Waals surface area contributed by atoms with E-state index in [1.165, 1.54) is 31.0 Å². The van der Waals surface area contributed by atoms with Gasteiger partial charge in [-0.3, -0.25) is 4.79 Å². The summed E-state index contributed by atoms with van der Waals surface area (Å²) in [4.78, 5) is 27.3. The number of amides is 3. The van der Waals surface area contributed by atoms with E-state index in [0.29, 0.717) is 23.5 Å². The molecule has 44 heavy (non-hydrogen) atoms. The molecular formula is C34H42ClFN4O4. The van der Waals surface area contributed by atoms with Gasteiger partial charge in [0.15, 0.2) is 0 Å². The second kappa shape index (κ2) is 16.9. The Bertz CT molecular complexity index is 1380. The fraction of sp³-hybridized carbons (Fsp3) is 0.412. The van der Waals surface area contributed by atoms with E-state index in [1.807, 2.05) is 0 Å². The Morgan fingerprint density at radius 1 is 0.909 bits per heavy atom. The summed E-state index contributed by atoms with van der Waals surface area (Å²) in [6.07, 6.45) is 7.60. The Hall–Kier alpha value is -3.82. The number of unbranched alkanes of at least 4 members (excludes halogenated alkanes) is 3. The molecule has 0 saturated carbocycles. The molecule has 0 unspecified atom stereocenters. The van der Waals surface area contributed by atoms with Crippen molar-refractivity contribution in [1.82, 2.24) is 10.2 Å². The number of carbonyl (C=O) groups excluding carboxylic acids is 2. The first-order chi connectivity index (χ1) is 21.3. The van der Waals surface area contributed by atoms with Crippen molar-refractivity contribution >= 4 is 34.9 Å². The van der Waals surface area contributed by atoms with Gasteiger partial charge in [-0.05, 0) is 86.8 Å². The first-order valence-electron chi connectivity index (χ1n) is 15.5. The number of hydrogen-bond donors (Lipinski definition) is 3. The lowest BCUT2D eigenvalue weighted by molar-refractivity contribution is 0.0996. The van der Waals surface area contributed by atoms with Crippen molar-refractivity contribution in [3.63, 3.8) is 0 Å². The number of ether oxygens (including phenoxy) is 2. The predicted octanol–water partition coefficient (Wildman–Crippen LogP) is 8.48. The Balaban J connectivity index is 1.26. The number of halogens is 2. The summed E-state index contributed by atoms with van der Waals surface area (Å²) < 4.78 is 26.8. The number of anilines is 2. The van der Waals surface area contributed by atoms with Crippen LogP contribution in [0, 0.1) is 5.82 Å². The van der Waals surface area contributed by atoms with E-state index in [9.17, 15) is 14.0 Å². The summed E-state index contributed by atoms with van der Waals surface area (Å²) in [5.41, 5.74) is 0.914. The van der Waals surface area contributed by atoms with Crippen molar-refractivity contribution in [3.8, 4) is 17.2 Å². The summed E-state index contributed by atoms with van der Waals surface area (Å²) in [7, 11) is 0. The fourth-order valence-corrected chi connectivity index (χ4v) is 5.12. The summed E-state index contributed by atoms with van der Waals surface area (Å²) in [6.45, 7) is 8.12. The van der Waals surface area contributed by atoms with Crippen LogP contribution in [0.5, 0.6) is 17.2 Å². The van der Waals surface area contributed by atoms with Crippen molar-refractivity contribution in [2.75, 3.05) is 36.8 Å².